The lowest BCUT2D eigenvalue weighted by Crippen LogP contribution is -2.34. The van der Waals surface area contributed by atoms with Crippen LogP contribution in [0.2, 0.25) is 0 Å². The average Bonchev–Trinajstić information content (AvgIpc) is 2.84. The highest BCUT2D eigenvalue weighted by atomic mass is 32.2. The van der Waals surface area contributed by atoms with Crippen LogP contribution in [0.1, 0.15) is 17.9 Å². The standard InChI is InChI=1S/C16H22N4O3S/c1-13-5-3-6-14(11-13)16-18-17-15(23-16)12-19-7-4-8-20(10-9-19)24(2,21)22/h3,5-6,11H,4,7-10,12H2,1-2H3. The fourth-order valence-electron chi connectivity index (χ4n) is 2.84. The van der Waals surface area contributed by atoms with Gasteiger partial charge in [0.2, 0.25) is 21.8 Å². The van der Waals surface area contributed by atoms with Gasteiger partial charge >= 0.3 is 0 Å². The number of aromatic nitrogens is 2. The van der Waals surface area contributed by atoms with Gasteiger partial charge in [-0.1, -0.05) is 17.7 Å². The number of nitrogens with zero attached hydrogens (tertiary/aromatic N) is 4. The third-order valence-electron chi connectivity index (χ3n) is 4.11. The van der Waals surface area contributed by atoms with E-state index in [1.54, 1.807) is 0 Å². The van der Waals surface area contributed by atoms with Crippen LogP contribution in [0.5, 0.6) is 0 Å². The average molecular weight is 350 g/mol. The molecule has 1 aromatic heterocycles. The molecule has 2 aromatic rings. The molecule has 130 valence electrons. The van der Waals surface area contributed by atoms with Gasteiger partial charge in [0.05, 0.1) is 12.8 Å². The van der Waals surface area contributed by atoms with Gasteiger partial charge in [0.15, 0.2) is 0 Å². The first-order valence-corrected chi connectivity index (χ1v) is 9.83. The Hall–Kier alpha value is -1.77. The predicted molar refractivity (Wildman–Crippen MR) is 90.8 cm³/mol. The highest BCUT2D eigenvalue weighted by Crippen LogP contribution is 2.19. The molecule has 8 heteroatoms. The molecule has 3 rings (SSSR count). The van der Waals surface area contributed by atoms with Crippen LogP contribution >= 0.6 is 0 Å². The van der Waals surface area contributed by atoms with Crippen molar-refractivity contribution in [2.45, 2.75) is 19.9 Å². The Morgan fingerprint density at radius 2 is 2.00 bits per heavy atom. The van der Waals surface area contributed by atoms with Gasteiger partial charge in [0.1, 0.15) is 0 Å². The lowest BCUT2D eigenvalue weighted by Gasteiger charge is -2.18. The first-order chi connectivity index (χ1) is 11.4. The molecule has 0 spiro atoms. The lowest BCUT2D eigenvalue weighted by molar-refractivity contribution is 0.251. The molecule has 0 unspecified atom stereocenters. The minimum atomic E-state index is -3.13. The summed E-state index contributed by atoms with van der Waals surface area (Å²) in [5, 5.41) is 8.25. The molecule has 0 N–H and O–H groups in total. The summed E-state index contributed by atoms with van der Waals surface area (Å²) in [6.07, 6.45) is 2.06. The summed E-state index contributed by atoms with van der Waals surface area (Å²) in [6.45, 7) is 5.09. The molecule has 0 bridgehead atoms. The van der Waals surface area contributed by atoms with Crippen LogP contribution in [0, 0.1) is 6.92 Å². The molecule has 0 radical (unpaired) electrons. The molecular formula is C16H22N4O3S. The van der Waals surface area contributed by atoms with E-state index in [0.717, 1.165) is 24.1 Å². The van der Waals surface area contributed by atoms with Gasteiger partial charge in [0.25, 0.3) is 0 Å². The third-order valence-corrected chi connectivity index (χ3v) is 5.41. The van der Waals surface area contributed by atoms with Gasteiger partial charge in [-0.05, 0) is 32.0 Å². The molecule has 1 fully saturated rings. The fourth-order valence-corrected chi connectivity index (χ4v) is 3.71. The Morgan fingerprint density at radius 3 is 2.75 bits per heavy atom. The zero-order valence-corrected chi connectivity index (χ0v) is 14.8. The monoisotopic (exact) mass is 350 g/mol. The molecule has 24 heavy (non-hydrogen) atoms. The summed E-state index contributed by atoms with van der Waals surface area (Å²) in [5.74, 6) is 1.07. The van der Waals surface area contributed by atoms with Crippen LogP contribution in [0.3, 0.4) is 0 Å². The Labute approximate surface area is 142 Å². The maximum absolute atomic E-state index is 11.7. The van der Waals surface area contributed by atoms with Gasteiger partial charge in [-0.2, -0.15) is 0 Å². The van der Waals surface area contributed by atoms with Crippen molar-refractivity contribution in [2.24, 2.45) is 0 Å². The van der Waals surface area contributed by atoms with Crippen LogP contribution in [-0.4, -0.2) is 60.3 Å². The van der Waals surface area contributed by atoms with E-state index in [2.05, 4.69) is 15.1 Å². The SMILES string of the molecule is Cc1cccc(-c2nnc(CN3CCCN(S(C)(=O)=O)CC3)o2)c1. The van der Waals surface area contributed by atoms with Crippen LogP contribution < -0.4 is 0 Å². The maximum Gasteiger partial charge on any atom is 0.247 e. The minimum Gasteiger partial charge on any atom is -0.419 e. The van der Waals surface area contributed by atoms with Gasteiger partial charge in [0, 0.05) is 25.2 Å². The number of hydrogen-bond acceptors (Lipinski definition) is 6. The van der Waals surface area contributed by atoms with Crippen molar-refractivity contribution in [1.82, 2.24) is 19.4 Å². The van der Waals surface area contributed by atoms with Crippen LogP contribution in [0.15, 0.2) is 28.7 Å². The molecule has 0 amide bonds. The second-order valence-electron chi connectivity index (χ2n) is 6.16. The quantitative estimate of drug-likeness (QED) is 0.832. The molecule has 2 heterocycles. The van der Waals surface area contributed by atoms with Crippen molar-refractivity contribution < 1.29 is 12.8 Å². The number of hydrogen-bond donors (Lipinski definition) is 0. The summed E-state index contributed by atoms with van der Waals surface area (Å²) in [7, 11) is -3.13. The highest BCUT2D eigenvalue weighted by molar-refractivity contribution is 7.88. The Bertz CT molecular complexity index is 803. The largest absolute Gasteiger partial charge is 0.419 e. The first-order valence-electron chi connectivity index (χ1n) is 7.99. The fraction of sp³-hybridized carbons (Fsp3) is 0.500. The van der Waals surface area contributed by atoms with Crippen molar-refractivity contribution in [3.05, 3.63) is 35.7 Å². The normalized spacial score (nSPS) is 17.8. The molecule has 1 aliphatic heterocycles. The van der Waals surface area contributed by atoms with E-state index in [9.17, 15) is 8.42 Å². The zero-order chi connectivity index (χ0) is 17.2. The van der Waals surface area contributed by atoms with E-state index in [0.29, 0.717) is 38.0 Å². The van der Waals surface area contributed by atoms with Gasteiger partial charge in [-0.25, -0.2) is 12.7 Å². The van der Waals surface area contributed by atoms with Gasteiger partial charge in [-0.3, -0.25) is 4.90 Å². The summed E-state index contributed by atoms with van der Waals surface area (Å²) in [5.41, 5.74) is 2.05. The highest BCUT2D eigenvalue weighted by Gasteiger charge is 2.22. The molecule has 0 aliphatic carbocycles. The lowest BCUT2D eigenvalue weighted by atomic mass is 10.1. The van der Waals surface area contributed by atoms with E-state index in [1.807, 2.05) is 31.2 Å². The Balaban J connectivity index is 1.65. The van der Waals surface area contributed by atoms with Gasteiger partial charge in [-0.15, -0.1) is 10.2 Å². The molecule has 1 saturated heterocycles. The minimum absolute atomic E-state index is 0.498. The first kappa shape index (κ1) is 17.1. The van der Waals surface area contributed by atoms with Crippen molar-refractivity contribution >= 4 is 10.0 Å². The molecule has 7 nitrogen and oxygen atoms in total. The summed E-state index contributed by atoms with van der Waals surface area (Å²) < 4.78 is 30.6. The molecule has 0 atom stereocenters. The van der Waals surface area contributed by atoms with E-state index in [4.69, 9.17) is 4.42 Å². The van der Waals surface area contributed by atoms with Crippen molar-refractivity contribution in [2.75, 3.05) is 32.4 Å². The number of aryl methyl sites for hydroxylation is 1. The number of rotatable bonds is 4. The molecule has 1 aliphatic rings. The van der Waals surface area contributed by atoms with E-state index in [1.165, 1.54) is 10.6 Å². The smallest absolute Gasteiger partial charge is 0.247 e. The van der Waals surface area contributed by atoms with Crippen molar-refractivity contribution in [3.8, 4) is 11.5 Å². The van der Waals surface area contributed by atoms with Crippen LogP contribution in [0.25, 0.3) is 11.5 Å². The summed E-state index contributed by atoms with van der Waals surface area (Å²) >= 11 is 0. The molecular weight excluding hydrogens is 328 g/mol. The third kappa shape index (κ3) is 4.19. The van der Waals surface area contributed by atoms with Crippen LogP contribution in [-0.2, 0) is 16.6 Å². The zero-order valence-electron chi connectivity index (χ0n) is 14.0. The second kappa shape index (κ2) is 7.00. The molecule has 1 aromatic carbocycles. The van der Waals surface area contributed by atoms with E-state index < -0.39 is 10.0 Å². The van der Waals surface area contributed by atoms with E-state index in [-0.39, 0.29) is 0 Å². The Kier molecular flexibility index (Phi) is 4.98. The van der Waals surface area contributed by atoms with E-state index >= 15 is 0 Å². The summed E-state index contributed by atoms with van der Waals surface area (Å²) in [6, 6.07) is 7.93. The van der Waals surface area contributed by atoms with Crippen LogP contribution in [0.4, 0.5) is 0 Å². The van der Waals surface area contributed by atoms with Crippen molar-refractivity contribution in [1.29, 1.82) is 0 Å². The Morgan fingerprint density at radius 1 is 1.17 bits per heavy atom. The second-order valence-corrected chi connectivity index (χ2v) is 8.14. The van der Waals surface area contributed by atoms with Crippen molar-refractivity contribution in [3.63, 3.8) is 0 Å². The number of benzene rings is 1. The summed E-state index contributed by atoms with van der Waals surface area (Å²) in [4.78, 5) is 2.15. The number of sulfonamides is 1. The predicted octanol–water partition coefficient (Wildman–Crippen LogP) is 1.51. The topological polar surface area (TPSA) is 79.5 Å². The molecule has 0 saturated carbocycles. The van der Waals surface area contributed by atoms with Gasteiger partial charge < -0.3 is 4.42 Å². The maximum atomic E-state index is 11.7.